The van der Waals surface area contributed by atoms with E-state index >= 15 is 0 Å². The zero-order valence-electron chi connectivity index (χ0n) is 17.6. The van der Waals surface area contributed by atoms with Gasteiger partial charge in [-0.1, -0.05) is 60.7 Å². The number of carboxylic acids is 1. The number of fused-ring (bicyclic) bond motifs is 2. The van der Waals surface area contributed by atoms with Crippen LogP contribution < -0.4 is 4.74 Å². The van der Waals surface area contributed by atoms with E-state index in [-0.39, 0.29) is 0 Å². The predicted molar refractivity (Wildman–Crippen MR) is 121 cm³/mol. The molecule has 4 rings (SSSR count). The summed E-state index contributed by atoms with van der Waals surface area (Å²) in [6.07, 6.45) is 3.70. The lowest BCUT2D eigenvalue weighted by Crippen LogP contribution is -2.24. The molecule has 4 heteroatoms. The van der Waals surface area contributed by atoms with E-state index < -0.39 is 12.1 Å². The highest BCUT2D eigenvalue weighted by molar-refractivity contribution is 5.84. The summed E-state index contributed by atoms with van der Waals surface area (Å²) >= 11 is 0. The van der Waals surface area contributed by atoms with Gasteiger partial charge in [-0.25, -0.2) is 4.79 Å². The number of benzene rings is 3. The summed E-state index contributed by atoms with van der Waals surface area (Å²) in [5.41, 5.74) is 7.37. The molecule has 1 aliphatic rings. The Balaban J connectivity index is 1.51. The maximum absolute atomic E-state index is 11.1. The maximum Gasteiger partial charge on any atom is 0.333 e. The van der Waals surface area contributed by atoms with E-state index in [1.54, 1.807) is 0 Å². The summed E-state index contributed by atoms with van der Waals surface area (Å²) in [6, 6.07) is 24.7. The quantitative estimate of drug-likeness (QED) is 0.595. The van der Waals surface area contributed by atoms with Crippen LogP contribution in [0, 0.1) is 0 Å². The number of methoxy groups -OCH3 is 1. The van der Waals surface area contributed by atoms with E-state index in [1.807, 2.05) is 24.3 Å². The van der Waals surface area contributed by atoms with Crippen LogP contribution in [0.15, 0.2) is 78.9 Å². The Morgan fingerprint density at radius 2 is 1.52 bits per heavy atom. The van der Waals surface area contributed by atoms with Crippen molar-refractivity contribution in [3.05, 3.63) is 107 Å². The van der Waals surface area contributed by atoms with Gasteiger partial charge >= 0.3 is 5.97 Å². The van der Waals surface area contributed by atoms with Gasteiger partial charge in [-0.05, 0) is 64.4 Å². The second-order valence-corrected chi connectivity index (χ2v) is 7.65. The van der Waals surface area contributed by atoms with E-state index in [4.69, 9.17) is 14.6 Å². The highest BCUT2D eigenvalue weighted by Crippen LogP contribution is 2.33. The fourth-order valence-corrected chi connectivity index (χ4v) is 4.06. The van der Waals surface area contributed by atoms with Gasteiger partial charge < -0.3 is 14.6 Å². The van der Waals surface area contributed by atoms with Gasteiger partial charge in [0.15, 0.2) is 6.10 Å². The second kappa shape index (κ2) is 9.63. The van der Waals surface area contributed by atoms with Gasteiger partial charge in [-0.15, -0.1) is 0 Å². The van der Waals surface area contributed by atoms with Crippen LogP contribution >= 0.6 is 0 Å². The number of rotatable bonds is 7. The van der Waals surface area contributed by atoms with Crippen molar-refractivity contribution in [2.75, 3.05) is 13.7 Å². The Bertz CT molecular complexity index is 1030. The van der Waals surface area contributed by atoms with Crippen molar-refractivity contribution in [3.8, 4) is 5.75 Å². The molecule has 31 heavy (non-hydrogen) atoms. The van der Waals surface area contributed by atoms with Crippen LogP contribution in [-0.4, -0.2) is 30.9 Å². The Morgan fingerprint density at radius 1 is 0.935 bits per heavy atom. The summed E-state index contributed by atoms with van der Waals surface area (Å²) in [6.45, 7) is 0.452. The molecule has 0 aliphatic heterocycles. The number of hydrogen-bond donors (Lipinski definition) is 1. The van der Waals surface area contributed by atoms with E-state index in [0.717, 1.165) is 24.2 Å². The number of ether oxygens (including phenoxy) is 2. The van der Waals surface area contributed by atoms with Gasteiger partial charge in [0.2, 0.25) is 0 Å². The van der Waals surface area contributed by atoms with Gasteiger partial charge in [0.1, 0.15) is 12.4 Å². The molecule has 1 aliphatic carbocycles. The molecule has 0 amide bonds. The van der Waals surface area contributed by atoms with E-state index in [1.165, 1.54) is 34.9 Å². The third kappa shape index (κ3) is 4.86. The Morgan fingerprint density at radius 3 is 2.06 bits per heavy atom. The molecule has 4 nitrogen and oxygen atoms in total. The van der Waals surface area contributed by atoms with Gasteiger partial charge in [0.25, 0.3) is 0 Å². The van der Waals surface area contributed by atoms with E-state index in [9.17, 15) is 4.79 Å². The van der Waals surface area contributed by atoms with Crippen molar-refractivity contribution in [3.63, 3.8) is 0 Å². The molecule has 0 spiro atoms. The van der Waals surface area contributed by atoms with Crippen molar-refractivity contribution in [1.82, 2.24) is 0 Å². The van der Waals surface area contributed by atoms with Crippen molar-refractivity contribution in [2.45, 2.75) is 25.4 Å². The first-order valence-corrected chi connectivity index (χ1v) is 10.5. The molecule has 1 atom stereocenters. The van der Waals surface area contributed by atoms with Gasteiger partial charge in [-0.2, -0.15) is 0 Å². The number of aryl methyl sites for hydroxylation is 2. The maximum atomic E-state index is 11.1. The average Bonchev–Trinajstić information content (AvgIpc) is 2.95. The lowest BCUT2D eigenvalue weighted by Gasteiger charge is -2.13. The van der Waals surface area contributed by atoms with Crippen molar-refractivity contribution < 1.29 is 19.4 Å². The second-order valence-electron chi connectivity index (χ2n) is 7.65. The first-order valence-electron chi connectivity index (χ1n) is 10.5. The third-order valence-electron chi connectivity index (χ3n) is 5.72. The monoisotopic (exact) mass is 414 g/mol. The van der Waals surface area contributed by atoms with Crippen molar-refractivity contribution in [2.24, 2.45) is 0 Å². The molecule has 1 unspecified atom stereocenters. The minimum Gasteiger partial charge on any atom is -0.490 e. The molecule has 0 bridgehead atoms. The highest BCUT2D eigenvalue weighted by atomic mass is 16.5. The summed E-state index contributed by atoms with van der Waals surface area (Å²) < 4.78 is 11.0. The molecular weight excluding hydrogens is 388 g/mol. The minimum absolute atomic E-state index is 0.323. The van der Waals surface area contributed by atoms with Crippen molar-refractivity contribution in [1.29, 1.82) is 0 Å². The molecule has 0 radical (unpaired) electrons. The van der Waals surface area contributed by atoms with E-state index in [0.29, 0.717) is 13.0 Å². The fourth-order valence-electron chi connectivity index (χ4n) is 4.06. The Labute approximate surface area is 182 Å². The Kier molecular flexibility index (Phi) is 6.48. The predicted octanol–water partition coefficient (Wildman–Crippen LogP) is 4.94. The largest absolute Gasteiger partial charge is 0.490 e. The first-order chi connectivity index (χ1) is 15.2. The third-order valence-corrected chi connectivity index (χ3v) is 5.72. The van der Waals surface area contributed by atoms with Crippen LogP contribution in [0.1, 0.15) is 27.8 Å². The zero-order valence-corrected chi connectivity index (χ0v) is 17.6. The van der Waals surface area contributed by atoms with E-state index in [2.05, 4.69) is 54.6 Å². The number of carbonyl (C=O) groups is 1. The van der Waals surface area contributed by atoms with Crippen LogP contribution in [0.25, 0.3) is 5.57 Å². The van der Waals surface area contributed by atoms with Crippen LogP contribution in [0.3, 0.4) is 0 Å². The molecule has 0 fully saturated rings. The Hall–Kier alpha value is -3.37. The van der Waals surface area contributed by atoms with Crippen molar-refractivity contribution >= 4 is 11.5 Å². The topological polar surface area (TPSA) is 55.8 Å². The molecular formula is C27H26O4. The van der Waals surface area contributed by atoms with Crippen LogP contribution in [0.4, 0.5) is 0 Å². The van der Waals surface area contributed by atoms with Crippen LogP contribution in [0.5, 0.6) is 5.75 Å². The molecule has 1 N–H and O–H groups in total. The number of hydrogen-bond acceptors (Lipinski definition) is 3. The van der Waals surface area contributed by atoms with Gasteiger partial charge in [0, 0.05) is 13.5 Å². The van der Waals surface area contributed by atoms with Gasteiger partial charge in [-0.3, -0.25) is 0 Å². The molecule has 3 aromatic carbocycles. The fraction of sp³-hybridized carbons (Fsp3) is 0.222. The standard InChI is InChI=1S/C27H26O4/c1-30-26(27(28)29)18-19-10-14-22(15-11-19)31-17-16-25-23-8-4-2-6-20(23)12-13-21-7-3-5-9-24(21)25/h2-11,14-16,26H,12-13,17-18H2,1H3,(H,28,29). The zero-order chi connectivity index (χ0) is 21.6. The van der Waals surface area contributed by atoms with Crippen LogP contribution in [0.2, 0.25) is 0 Å². The smallest absolute Gasteiger partial charge is 0.333 e. The minimum atomic E-state index is -0.960. The first kappa shape index (κ1) is 20.9. The molecule has 0 saturated carbocycles. The normalized spacial score (nSPS) is 13.5. The number of carboxylic acid groups (broad SMARTS) is 1. The van der Waals surface area contributed by atoms with Gasteiger partial charge in [0.05, 0.1) is 0 Å². The molecule has 158 valence electrons. The summed E-state index contributed by atoms with van der Waals surface area (Å²) in [5, 5.41) is 9.13. The summed E-state index contributed by atoms with van der Waals surface area (Å²) in [7, 11) is 1.41. The average molecular weight is 415 g/mol. The van der Waals surface area contributed by atoms with Crippen LogP contribution in [-0.2, 0) is 28.8 Å². The lowest BCUT2D eigenvalue weighted by atomic mass is 9.94. The summed E-state index contributed by atoms with van der Waals surface area (Å²) in [4.78, 5) is 11.1. The number of aliphatic carboxylic acids is 1. The molecule has 3 aromatic rings. The molecule has 0 heterocycles. The highest BCUT2D eigenvalue weighted by Gasteiger charge is 2.18. The molecule has 0 saturated heterocycles. The lowest BCUT2D eigenvalue weighted by molar-refractivity contribution is -0.148. The molecule has 0 aromatic heterocycles. The SMILES string of the molecule is COC(Cc1ccc(OCC=C2c3ccccc3CCc3ccccc32)cc1)C(=O)O. The summed E-state index contributed by atoms with van der Waals surface area (Å²) in [5.74, 6) is -0.210.